The predicted octanol–water partition coefficient (Wildman–Crippen LogP) is 5.05. The van der Waals surface area contributed by atoms with E-state index in [0.717, 1.165) is 60.7 Å². The Hall–Kier alpha value is -2.14. The lowest BCUT2D eigenvalue weighted by molar-refractivity contribution is -0.678. The minimum Gasteiger partial charge on any atom is -1.00 e. The average Bonchev–Trinajstić information content (AvgIpc) is 3.49. The zero-order chi connectivity index (χ0) is 30.4. The van der Waals surface area contributed by atoms with Gasteiger partial charge in [-0.05, 0) is 51.1 Å². The monoisotopic (exact) mass is 792 g/mol. The number of hydrogen-bond donors (Lipinski definition) is 2. The highest BCUT2D eigenvalue weighted by molar-refractivity contribution is 6.43. The van der Waals surface area contributed by atoms with Gasteiger partial charge in [0, 0.05) is 48.9 Å². The molecule has 4 aromatic rings. The van der Waals surface area contributed by atoms with E-state index in [4.69, 9.17) is 46.4 Å². The number of anilines is 3. The quantitative estimate of drug-likeness (QED) is 0.224. The number of halogens is 5. The summed E-state index contributed by atoms with van der Waals surface area (Å²) in [6.45, 7) is 9.82. The van der Waals surface area contributed by atoms with Crippen molar-refractivity contribution in [1.82, 2.24) is 9.88 Å². The van der Waals surface area contributed by atoms with E-state index in [1.54, 1.807) is 0 Å². The smallest absolute Gasteiger partial charge is 0.287 e. The van der Waals surface area contributed by atoms with Crippen molar-refractivity contribution in [3.63, 3.8) is 0 Å². The maximum Gasteiger partial charge on any atom is 0.287 e. The lowest BCUT2D eigenvalue weighted by Gasteiger charge is -2.45. The molecular weight excluding hydrogens is 761 g/mol. The first-order chi connectivity index (χ1) is 21.3. The van der Waals surface area contributed by atoms with Gasteiger partial charge in [0.05, 0.1) is 62.2 Å². The largest absolute Gasteiger partial charge is 1.00 e. The van der Waals surface area contributed by atoms with Crippen LogP contribution in [0.2, 0.25) is 20.1 Å². The van der Waals surface area contributed by atoms with E-state index in [0.29, 0.717) is 20.1 Å². The van der Waals surface area contributed by atoms with Crippen molar-refractivity contribution in [3.05, 3.63) is 97.5 Å². The number of nitrogens with zero attached hydrogens (tertiary/aromatic N) is 4. The molecule has 0 saturated carbocycles. The summed E-state index contributed by atoms with van der Waals surface area (Å²) in [6.07, 6.45) is 3.43. The Balaban J connectivity index is 0.00000325. The standard InChI is InChI=1S/C34H33Cl4N6.HI/c1-4-41-28-13-22(35)24(37)15-30(28)43-11-10-26-20(33(41)43)12-21-32(40-26)27(39-19-8-6-18(3)7-9-19)17-44-31-16-25(38)23(36)14-29(31)42(5-2)34(21)44;/h6-9,12-16,26-27,32,39-40H,4-5,10-11,17H2,1-3H3;1H/q+1;/p-1. The van der Waals surface area contributed by atoms with Crippen LogP contribution in [0.15, 0.2) is 66.0 Å². The van der Waals surface area contributed by atoms with Crippen molar-refractivity contribution in [2.75, 3.05) is 28.2 Å². The van der Waals surface area contributed by atoms with Crippen molar-refractivity contribution in [2.45, 2.75) is 58.4 Å². The summed E-state index contributed by atoms with van der Waals surface area (Å²) in [5.74, 6) is 2.40. The van der Waals surface area contributed by atoms with Crippen LogP contribution in [-0.4, -0.2) is 35.8 Å². The van der Waals surface area contributed by atoms with E-state index in [1.807, 2.05) is 24.3 Å². The molecular formula is C34H33Cl4IN6. The molecule has 6 nitrogen and oxygen atoms in total. The van der Waals surface area contributed by atoms with Crippen LogP contribution in [-0.2, 0) is 13.1 Å². The molecule has 3 aromatic carbocycles. The Bertz CT molecular complexity index is 1880. The van der Waals surface area contributed by atoms with Gasteiger partial charge in [0.15, 0.2) is 11.0 Å². The molecule has 0 saturated heterocycles. The lowest BCUT2D eigenvalue weighted by atomic mass is 9.83. The number of aryl methyl sites for hydroxylation is 3. The predicted molar refractivity (Wildman–Crippen MR) is 184 cm³/mol. The SMILES string of the molecule is CCN1C2=C3C=C4c5n(CC)c6cc(Cl)c(Cl)cc6[n+]5CCC4NC3C(Nc3ccc(C)cc3)CN2c2cc(Cl)c(Cl)cc21.[I-]. The van der Waals surface area contributed by atoms with Gasteiger partial charge in [-0.1, -0.05) is 64.1 Å². The first-order valence-corrected chi connectivity index (χ1v) is 16.8. The fourth-order valence-electron chi connectivity index (χ4n) is 7.64. The summed E-state index contributed by atoms with van der Waals surface area (Å²) in [5, 5.41) is 10.3. The number of hydrogen-bond acceptors (Lipinski definition) is 4. The van der Waals surface area contributed by atoms with Crippen molar-refractivity contribution in [3.8, 4) is 0 Å². The van der Waals surface area contributed by atoms with Gasteiger partial charge in [0.2, 0.25) is 0 Å². The number of nitrogens with one attached hydrogen (secondary N) is 2. The van der Waals surface area contributed by atoms with E-state index < -0.39 is 0 Å². The fraction of sp³-hybridized carbons (Fsp3) is 0.324. The molecule has 0 spiro atoms. The number of fused-ring (bicyclic) bond motifs is 9. The van der Waals surface area contributed by atoms with E-state index >= 15 is 0 Å². The lowest BCUT2D eigenvalue weighted by Crippen LogP contribution is -3.00. The molecule has 4 aliphatic rings. The number of rotatable bonds is 4. The van der Waals surface area contributed by atoms with E-state index in [1.165, 1.54) is 28.4 Å². The van der Waals surface area contributed by atoms with Gasteiger partial charge >= 0.3 is 0 Å². The van der Waals surface area contributed by atoms with Gasteiger partial charge < -0.3 is 44.4 Å². The van der Waals surface area contributed by atoms with Crippen LogP contribution >= 0.6 is 46.4 Å². The molecule has 0 radical (unpaired) electrons. The Kier molecular flexibility index (Phi) is 8.27. The van der Waals surface area contributed by atoms with E-state index in [2.05, 4.69) is 80.7 Å². The van der Waals surface area contributed by atoms with Crippen LogP contribution in [0.3, 0.4) is 0 Å². The normalized spacial score (nSPS) is 21.5. The molecule has 3 atom stereocenters. The van der Waals surface area contributed by atoms with Gasteiger partial charge in [-0.3, -0.25) is 0 Å². The van der Waals surface area contributed by atoms with Gasteiger partial charge in [-0.25, -0.2) is 9.13 Å². The Labute approximate surface area is 300 Å². The molecule has 0 fully saturated rings. The van der Waals surface area contributed by atoms with Gasteiger partial charge in [0.25, 0.3) is 5.82 Å². The van der Waals surface area contributed by atoms with Crippen LogP contribution in [0.25, 0.3) is 16.6 Å². The molecule has 2 N–H and O–H groups in total. The highest BCUT2D eigenvalue weighted by Crippen LogP contribution is 2.50. The molecule has 0 aliphatic carbocycles. The maximum absolute atomic E-state index is 6.62. The van der Waals surface area contributed by atoms with Crippen molar-refractivity contribution >= 4 is 80.1 Å². The van der Waals surface area contributed by atoms with Crippen LogP contribution in [0.5, 0.6) is 0 Å². The summed E-state index contributed by atoms with van der Waals surface area (Å²) >= 11 is 26.3. The van der Waals surface area contributed by atoms with E-state index in [9.17, 15) is 0 Å². The third-order valence-corrected chi connectivity index (χ3v) is 11.0. The molecule has 1 aromatic heterocycles. The van der Waals surface area contributed by atoms with Crippen LogP contribution < -0.4 is 49.0 Å². The molecule has 5 heterocycles. The molecule has 3 unspecified atom stereocenters. The Morgan fingerprint density at radius 1 is 0.911 bits per heavy atom. The Morgan fingerprint density at radius 2 is 1.60 bits per heavy atom. The zero-order valence-electron chi connectivity index (χ0n) is 25.1. The highest BCUT2D eigenvalue weighted by atomic mass is 127. The van der Waals surface area contributed by atoms with Crippen LogP contribution in [0, 0.1) is 6.92 Å². The fourth-order valence-corrected chi connectivity index (χ4v) is 8.27. The number of imidazole rings is 1. The summed E-state index contributed by atoms with van der Waals surface area (Å²) in [6, 6.07) is 17.1. The summed E-state index contributed by atoms with van der Waals surface area (Å²) in [4.78, 5) is 4.80. The second-order valence-corrected chi connectivity index (χ2v) is 13.7. The molecule has 8 rings (SSSR count). The second-order valence-electron chi connectivity index (χ2n) is 12.1. The topological polar surface area (TPSA) is 39.4 Å². The summed E-state index contributed by atoms with van der Waals surface area (Å²) < 4.78 is 4.80. The van der Waals surface area contributed by atoms with Crippen LogP contribution in [0.1, 0.15) is 31.7 Å². The van der Waals surface area contributed by atoms with Gasteiger partial charge in [-0.15, -0.1) is 0 Å². The van der Waals surface area contributed by atoms with Gasteiger partial charge in [0.1, 0.15) is 5.82 Å². The minimum atomic E-state index is 0. The summed E-state index contributed by atoms with van der Waals surface area (Å²) in [5.41, 5.74) is 9.31. The minimum absolute atomic E-state index is 0. The molecule has 4 aliphatic heterocycles. The number of benzene rings is 3. The van der Waals surface area contributed by atoms with E-state index in [-0.39, 0.29) is 42.1 Å². The highest BCUT2D eigenvalue weighted by Gasteiger charge is 2.48. The number of aromatic nitrogens is 2. The maximum atomic E-state index is 6.62. The third-order valence-electron chi connectivity index (χ3n) is 9.60. The Morgan fingerprint density at radius 3 is 2.31 bits per heavy atom. The second kappa shape index (κ2) is 11.8. The van der Waals surface area contributed by atoms with Crippen molar-refractivity contribution in [1.29, 1.82) is 0 Å². The van der Waals surface area contributed by atoms with Crippen molar-refractivity contribution in [2.24, 2.45) is 0 Å². The third kappa shape index (κ3) is 4.87. The summed E-state index contributed by atoms with van der Waals surface area (Å²) in [7, 11) is 0. The molecule has 0 bridgehead atoms. The molecule has 234 valence electrons. The van der Waals surface area contributed by atoms with Crippen molar-refractivity contribution < 1.29 is 28.5 Å². The average molecular weight is 794 g/mol. The zero-order valence-corrected chi connectivity index (χ0v) is 30.3. The van der Waals surface area contributed by atoms with Crippen LogP contribution in [0.4, 0.5) is 17.1 Å². The first kappa shape index (κ1) is 31.5. The molecule has 11 heteroatoms. The molecule has 0 amide bonds. The van der Waals surface area contributed by atoms with Gasteiger partial charge in [-0.2, -0.15) is 0 Å². The first-order valence-electron chi connectivity index (χ1n) is 15.3. The molecule has 45 heavy (non-hydrogen) atoms.